The van der Waals surface area contributed by atoms with Crippen LogP contribution in [0.3, 0.4) is 0 Å². The first-order valence-corrected chi connectivity index (χ1v) is 8.65. The molecule has 2 heteroatoms. The van der Waals surface area contributed by atoms with Crippen molar-refractivity contribution in [3.63, 3.8) is 0 Å². The van der Waals surface area contributed by atoms with Gasteiger partial charge in [0.25, 0.3) is 0 Å². The molecule has 0 saturated carbocycles. The summed E-state index contributed by atoms with van der Waals surface area (Å²) >= 11 is 0. The number of benzene rings is 3. The number of hydrogen-bond donors (Lipinski definition) is 0. The van der Waals surface area contributed by atoms with Crippen LogP contribution in [0.5, 0.6) is 0 Å². The largest absolute Gasteiger partial charge is 0.206 e. The fourth-order valence-corrected chi connectivity index (χ4v) is 3.67. The molecule has 0 amide bonds. The van der Waals surface area contributed by atoms with Gasteiger partial charge in [0.15, 0.2) is 0 Å². The maximum Gasteiger partial charge on any atom is 0.130 e. The van der Waals surface area contributed by atoms with Crippen LogP contribution in [-0.2, 0) is 12.8 Å². The van der Waals surface area contributed by atoms with Crippen molar-refractivity contribution in [2.45, 2.75) is 26.2 Å². The molecule has 3 aromatic carbocycles. The first-order valence-electron chi connectivity index (χ1n) is 8.65. The number of nitriles is 1. The smallest absolute Gasteiger partial charge is 0.130 e. The molecule has 0 N–H and O–H groups in total. The molecule has 122 valence electrons. The lowest BCUT2D eigenvalue weighted by molar-refractivity contribution is 0.596. The average Bonchev–Trinajstić information content (AvgIpc) is 3.03. The van der Waals surface area contributed by atoms with Crippen LogP contribution >= 0.6 is 0 Å². The van der Waals surface area contributed by atoms with Crippen LogP contribution in [0.15, 0.2) is 54.6 Å². The Hall–Kier alpha value is -2.92. The van der Waals surface area contributed by atoms with Gasteiger partial charge in [-0.2, -0.15) is 5.26 Å². The van der Waals surface area contributed by atoms with Gasteiger partial charge in [0, 0.05) is 12.0 Å². The minimum Gasteiger partial charge on any atom is -0.206 e. The fourth-order valence-electron chi connectivity index (χ4n) is 3.67. The molecule has 0 bridgehead atoms. The quantitative estimate of drug-likeness (QED) is 0.460. The first kappa shape index (κ1) is 15.6. The average molecular weight is 327 g/mol. The van der Waals surface area contributed by atoms with Crippen LogP contribution in [-0.4, -0.2) is 0 Å². The van der Waals surface area contributed by atoms with E-state index < -0.39 is 0 Å². The Bertz CT molecular complexity index is 994. The molecule has 0 aliphatic heterocycles. The summed E-state index contributed by atoms with van der Waals surface area (Å²) in [7, 11) is 0. The van der Waals surface area contributed by atoms with Gasteiger partial charge in [0.05, 0.1) is 11.6 Å². The molecule has 1 nitrogen and oxygen atoms in total. The molecule has 0 atom stereocenters. The minimum atomic E-state index is -0.0320. The van der Waals surface area contributed by atoms with Gasteiger partial charge in [-0.05, 0) is 51.9 Å². The van der Waals surface area contributed by atoms with Crippen LogP contribution < -0.4 is 0 Å². The number of fused-ring (bicyclic) bond motifs is 3. The molecule has 1 aliphatic rings. The van der Waals surface area contributed by atoms with Gasteiger partial charge in [-0.1, -0.05) is 55.8 Å². The molecular weight excluding hydrogens is 309 g/mol. The van der Waals surface area contributed by atoms with Crippen LogP contribution in [0.25, 0.3) is 22.3 Å². The zero-order chi connectivity index (χ0) is 17.4. The summed E-state index contributed by atoms with van der Waals surface area (Å²) in [4.78, 5) is 0. The van der Waals surface area contributed by atoms with Crippen molar-refractivity contribution in [1.29, 1.82) is 5.26 Å². The third-order valence-electron chi connectivity index (χ3n) is 4.95. The lowest BCUT2D eigenvalue weighted by Gasteiger charge is -2.07. The van der Waals surface area contributed by atoms with Gasteiger partial charge in [-0.25, -0.2) is 4.39 Å². The van der Waals surface area contributed by atoms with Gasteiger partial charge in [-0.3, -0.25) is 0 Å². The highest BCUT2D eigenvalue weighted by atomic mass is 19.1. The van der Waals surface area contributed by atoms with Gasteiger partial charge in [0.2, 0.25) is 0 Å². The summed E-state index contributed by atoms with van der Waals surface area (Å²) in [5.41, 5.74) is 7.81. The topological polar surface area (TPSA) is 23.8 Å². The second-order valence-corrected chi connectivity index (χ2v) is 6.55. The van der Waals surface area contributed by atoms with Crippen molar-refractivity contribution >= 4 is 0 Å². The summed E-state index contributed by atoms with van der Waals surface area (Å²) in [6, 6.07) is 20.0. The van der Waals surface area contributed by atoms with E-state index in [1.807, 2.05) is 30.3 Å². The summed E-state index contributed by atoms with van der Waals surface area (Å²) < 4.78 is 14.8. The second-order valence-electron chi connectivity index (χ2n) is 6.55. The third-order valence-corrected chi connectivity index (χ3v) is 4.95. The number of rotatable bonds is 3. The van der Waals surface area contributed by atoms with Crippen molar-refractivity contribution in [1.82, 2.24) is 0 Å². The van der Waals surface area contributed by atoms with E-state index in [0.29, 0.717) is 12.0 Å². The van der Waals surface area contributed by atoms with Gasteiger partial charge >= 0.3 is 0 Å². The van der Waals surface area contributed by atoms with Crippen molar-refractivity contribution in [3.8, 4) is 28.3 Å². The SMILES string of the molecule is CCCc1ccc2c(c1F)Cc1cc(-c3ccc(C#N)cc3)ccc1-2. The van der Waals surface area contributed by atoms with Crippen LogP contribution in [0.4, 0.5) is 4.39 Å². The maximum absolute atomic E-state index is 14.8. The number of nitrogens with zero attached hydrogens (tertiary/aromatic N) is 1. The van der Waals surface area contributed by atoms with E-state index in [1.165, 1.54) is 5.56 Å². The maximum atomic E-state index is 14.8. The Balaban J connectivity index is 1.73. The lowest BCUT2D eigenvalue weighted by atomic mass is 9.98. The Kier molecular flexibility index (Phi) is 3.86. The molecule has 25 heavy (non-hydrogen) atoms. The van der Waals surface area contributed by atoms with Gasteiger partial charge in [0.1, 0.15) is 5.82 Å². The van der Waals surface area contributed by atoms with Gasteiger partial charge in [-0.15, -0.1) is 0 Å². The standard InChI is InChI=1S/C23H18FN/c1-2-3-17-8-11-21-20-10-9-18(12-19(20)13-22(21)23(17)24)16-6-4-15(14-25)5-7-16/h4-12H,2-3,13H2,1H3. The van der Waals surface area contributed by atoms with Crippen molar-refractivity contribution in [2.24, 2.45) is 0 Å². The Morgan fingerprint density at radius 1 is 0.960 bits per heavy atom. The van der Waals surface area contributed by atoms with Gasteiger partial charge < -0.3 is 0 Å². The fraction of sp³-hybridized carbons (Fsp3) is 0.174. The van der Waals surface area contributed by atoms with Crippen LogP contribution in [0.1, 0.15) is 35.6 Å². The van der Waals surface area contributed by atoms with E-state index >= 15 is 0 Å². The molecule has 0 unspecified atom stereocenters. The summed E-state index contributed by atoms with van der Waals surface area (Å²) in [6.07, 6.45) is 2.38. The normalized spacial score (nSPS) is 11.7. The molecule has 0 radical (unpaired) electrons. The van der Waals surface area contributed by atoms with Crippen molar-refractivity contribution in [3.05, 3.63) is 82.7 Å². The summed E-state index contributed by atoms with van der Waals surface area (Å²) in [5.74, 6) is -0.0320. The summed E-state index contributed by atoms with van der Waals surface area (Å²) in [5, 5.41) is 8.93. The highest BCUT2D eigenvalue weighted by molar-refractivity contribution is 5.80. The highest BCUT2D eigenvalue weighted by Gasteiger charge is 2.23. The molecule has 4 rings (SSSR count). The Labute approximate surface area is 147 Å². The first-order chi connectivity index (χ1) is 12.2. The lowest BCUT2D eigenvalue weighted by Crippen LogP contribution is -1.95. The Morgan fingerprint density at radius 2 is 1.68 bits per heavy atom. The van der Waals surface area contributed by atoms with Crippen molar-refractivity contribution in [2.75, 3.05) is 0 Å². The molecule has 3 aromatic rings. The molecular formula is C23H18FN. The molecule has 0 fully saturated rings. The molecule has 0 aromatic heterocycles. The number of hydrogen-bond acceptors (Lipinski definition) is 1. The molecule has 0 saturated heterocycles. The zero-order valence-corrected chi connectivity index (χ0v) is 14.1. The minimum absolute atomic E-state index is 0.0320. The summed E-state index contributed by atoms with van der Waals surface area (Å²) in [6.45, 7) is 2.07. The van der Waals surface area contributed by atoms with Crippen molar-refractivity contribution < 1.29 is 4.39 Å². The number of halogens is 1. The van der Waals surface area contributed by atoms with Crippen LogP contribution in [0.2, 0.25) is 0 Å². The molecule has 0 heterocycles. The zero-order valence-electron chi connectivity index (χ0n) is 14.1. The van der Waals surface area contributed by atoms with Crippen LogP contribution in [0, 0.1) is 17.1 Å². The highest BCUT2D eigenvalue weighted by Crippen LogP contribution is 2.40. The molecule has 0 spiro atoms. The van der Waals surface area contributed by atoms with E-state index in [0.717, 1.165) is 46.2 Å². The third kappa shape index (κ3) is 2.62. The van der Waals surface area contributed by atoms with E-state index in [1.54, 1.807) is 0 Å². The predicted molar refractivity (Wildman–Crippen MR) is 98.8 cm³/mol. The Morgan fingerprint density at radius 3 is 2.40 bits per heavy atom. The predicted octanol–water partition coefficient (Wildman–Crippen LogP) is 5.89. The second kappa shape index (κ2) is 6.18. The molecule has 1 aliphatic carbocycles. The van der Waals surface area contributed by atoms with E-state index in [4.69, 9.17) is 5.26 Å². The number of aryl methyl sites for hydroxylation is 1. The van der Waals surface area contributed by atoms with E-state index in [2.05, 4.69) is 37.3 Å². The monoisotopic (exact) mass is 327 g/mol. The van der Waals surface area contributed by atoms with E-state index in [-0.39, 0.29) is 5.82 Å². The van der Waals surface area contributed by atoms with E-state index in [9.17, 15) is 4.39 Å².